The third-order valence-electron chi connectivity index (χ3n) is 3.12. The summed E-state index contributed by atoms with van der Waals surface area (Å²) >= 11 is 7.38. The molecule has 1 aromatic heterocycles. The van der Waals surface area contributed by atoms with Crippen LogP contribution in [0.15, 0.2) is 58.9 Å². The van der Waals surface area contributed by atoms with Crippen molar-refractivity contribution in [3.63, 3.8) is 0 Å². The molecule has 0 aliphatic carbocycles. The molecule has 0 bridgehead atoms. The van der Waals surface area contributed by atoms with Crippen LogP contribution in [0.2, 0.25) is 5.02 Å². The Balaban J connectivity index is 2.07. The monoisotopic (exact) mass is 318 g/mol. The van der Waals surface area contributed by atoms with Crippen LogP contribution in [0.25, 0.3) is 11.3 Å². The van der Waals surface area contributed by atoms with E-state index in [1.54, 1.807) is 12.1 Å². The molecule has 0 aliphatic heterocycles. The minimum atomic E-state index is -0.410. The van der Waals surface area contributed by atoms with E-state index < -0.39 is 5.82 Å². The summed E-state index contributed by atoms with van der Waals surface area (Å²) in [4.78, 5) is 5.47. The molecule has 0 unspecified atom stereocenters. The topological polar surface area (TPSA) is 17.3 Å². The number of benzene rings is 2. The molecule has 0 aliphatic rings. The number of halogens is 2. The highest BCUT2D eigenvalue weighted by atomic mass is 35.5. The maximum Gasteiger partial charge on any atom is 0.190 e. The third kappa shape index (κ3) is 2.91. The number of hydrogen-bond donors (Lipinski definition) is 0. The van der Waals surface area contributed by atoms with Crippen molar-refractivity contribution in [3.8, 4) is 11.3 Å². The number of thiazole rings is 1. The van der Waals surface area contributed by atoms with Crippen molar-refractivity contribution in [3.05, 3.63) is 69.6 Å². The Hall–Kier alpha value is -1.91. The number of aromatic nitrogens is 1. The number of hydrogen-bond acceptors (Lipinski definition) is 2. The molecule has 0 N–H and O–H groups in total. The minimum absolute atomic E-state index is 0.125. The Bertz CT molecular complexity index is 837. The van der Waals surface area contributed by atoms with E-state index in [1.165, 1.54) is 17.4 Å². The van der Waals surface area contributed by atoms with Crippen molar-refractivity contribution >= 4 is 28.6 Å². The van der Waals surface area contributed by atoms with Gasteiger partial charge in [0.2, 0.25) is 0 Å². The summed E-state index contributed by atoms with van der Waals surface area (Å²) in [6.45, 7) is 0. The van der Waals surface area contributed by atoms with Crippen molar-refractivity contribution in [2.24, 2.45) is 12.0 Å². The summed E-state index contributed by atoms with van der Waals surface area (Å²) in [5.74, 6) is -0.410. The Morgan fingerprint density at radius 1 is 1.14 bits per heavy atom. The van der Waals surface area contributed by atoms with Crippen LogP contribution < -0.4 is 4.80 Å². The molecular formula is C16H12ClFN2S. The first-order valence-electron chi connectivity index (χ1n) is 6.35. The van der Waals surface area contributed by atoms with Gasteiger partial charge in [0.15, 0.2) is 4.80 Å². The van der Waals surface area contributed by atoms with Crippen LogP contribution in [0.1, 0.15) is 0 Å². The fourth-order valence-electron chi connectivity index (χ4n) is 2.00. The van der Waals surface area contributed by atoms with Crippen LogP contribution in [-0.2, 0) is 7.05 Å². The van der Waals surface area contributed by atoms with E-state index in [0.29, 0.717) is 0 Å². The van der Waals surface area contributed by atoms with Crippen molar-refractivity contribution < 1.29 is 4.39 Å². The van der Waals surface area contributed by atoms with Gasteiger partial charge in [-0.15, -0.1) is 11.3 Å². The second-order valence-electron chi connectivity index (χ2n) is 4.54. The van der Waals surface area contributed by atoms with Gasteiger partial charge >= 0.3 is 0 Å². The molecule has 0 atom stereocenters. The molecule has 3 aromatic rings. The van der Waals surface area contributed by atoms with Gasteiger partial charge in [-0.25, -0.2) is 9.38 Å². The molecule has 21 heavy (non-hydrogen) atoms. The maximum absolute atomic E-state index is 13.3. The molecule has 2 aromatic carbocycles. The van der Waals surface area contributed by atoms with Gasteiger partial charge in [0.1, 0.15) is 5.82 Å². The first kappa shape index (κ1) is 14.0. The average Bonchev–Trinajstić information content (AvgIpc) is 2.84. The smallest absolute Gasteiger partial charge is 0.190 e. The van der Waals surface area contributed by atoms with E-state index in [2.05, 4.69) is 4.99 Å². The molecule has 0 saturated carbocycles. The van der Waals surface area contributed by atoms with Crippen LogP contribution in [0.3, 0.4) is 0 Å². The normalized spacial score (nSPS) is 11.9. The van der Waals surface area contributed by atoms with Crippen molar-refractivity contribution in [1.82, 2.24) is 4.57 Å². The fraction of sp³-hybridized carbons (Fsp3) is 0.0625. The highest BCUT2D eigenvalue weighted by Crippen LogP contribution is 2.25. The van der Waals surface area contributed by atoms with E-state index in [0.717, 1.165) is 21.7 Å². The molecule has 2 nitrogen and oxygen atoms in total. The zero-order chi connectivity index (χ0) is 14.8. The quantitative estimate of drug-likeness (QED) is 0.647. The minimum Gasteiger partial charge on any atom is -0.320 e. The lowest BCUT2D eigenvalue weighted by atomic mass is 10.2. The summed E-state index contributed by atoms with van der Waals surface area (Å²) < 4.78 is 15.2. The van der Waals surface area contributed by atoms with E-state index in [4.69, 9.17) is 11.6 Å². The number of para-hydroxylation sites is 1. The maximum atomic E-state index is 13.3. The predicted octanol–water partition coefficient (Wildman–Crippen LogP) is 4.78. The molecule has 0 radical (unpaired) electrons. The zero-order valence-corrected chi connectivity index (χ0v) is 12.8. The van der Waals surface area contributed by atoms with Gasteiger partial charge in [0.05, 0.1) is 16.4 Å². The first-order chi connectivity index (χ1) is 10.1. The highest BCUT2D eigenvalue weighted by Gasteiger charge is 2.07. The van der Waals surface area contributed by atoms with Gasteiger partial charge in [-0.2, -0.15) is 0 Å². The SMILES string of the molecule is Cn1c(-c2ccc(F)c(Cl)c2)csc1=Nc1ccccc1. The van der Waals surface area contributed by atoms with Crippen molar-refractivity contribution in [1.29, 1.82) is 0 Å². The largest absolute Gasteiger partial charge is 0.320 e. The van der Waals surface area contributed by atoms with Crippen molar-refractivity contribution in [2.75, 3.05) is 0 Å². The first-order valence-corrected chi connectivity index (χ1v) is 7.60. The molecule has 3 rings (SSSR count). The van der Waals surface area contributed by atoms with Gasteiger partial charge in [-0.1, -0.05) is 29.8 Å². The van der Waals surface area contributed by atoms with Crippen LogP contribution in [0, 0.1) is 5.82 Å². The Kier molecular flexibility index (Phi) is 3.90. The van der Waals surface area contributed by atoms with Gasteiger partial charge in [-0.3, -0.25) is 0 Å². The Morgan fingerprint density at radius 2 is 1.90 bits per heavy atom. The van der Waals surface area contributed by atoms with Crippen LogP contribution in [-0.4, -0.2) is 4.57 Å². The third-order valence-corrected chi connectivity index (χ3v) is 4.33. The lowest BCUT2D eigenvalue weighted by Gasteiger charge is -2.04. The number of rotatable bonds is 2. The zero-order valence-electron chi connectivity index (χ0n) is 11.3. The summed E-state index contributed by atoms with van der Waals surface area (Å²) in [6, 6.07) is 14.5. The molecule has 106 valence electrons. The van der Waals surface area contributed by atoms with E-state index in [1.807, 2.05) is 47.3 Å². The fourth-order valence-corrected chi connectivity index (χ4v) is 3.11. The average molecular weight is 319 g/mol. The van der Waals surface area contributed by atoms with Crippen molar-refractivity contribution in [2.45, 2.75) is 0 Å². The summed E-state index contributed by atoms with van der Waals surface area (Å²) in [7, 11) is 1.94. The van der Waals surface area contributed by atoms with Gasteiger partial charge < -0.3 is 4.57 Å². The molecule has 5 heteroatoms. The standard InChI is InChI=1S/C16H12ClFN2S/c1-20-15(11-7-8-14(18)13(17)9-11)10-21-16(20)19-12-5-3-2-4-6-12/h2-10H,1H3. The molecule has 0 fully saturated rings. The van der Waals surface area contributed by atoms with Gasteiger partial charge in [0.25, 0.3) is 0 Å². The van der Waals surface area contributed by atoms with Crippen LogP contribution in [0.5, 0.6) is 0 Å². The number of nitrogens with zero attached hydrogens (tertiary/aromatic N) is 2. The predicted molar refractivity (Wildman–Crippen MR) is 85.4 cm³/mol. The van der Waals surface area contributed by atoms with E-state index in [9.17, 15) is 4.39 Å². The van der Waals surface area contributed by atoms with E-state index in [-0.39, 0.29) is 5.02 Å². The Morgan fingerprint density at radius 3 is 2.62 bits per heavy atom. The second-order valence-corrected chi connectivity index (χ2v) is 5.78. The molecule has 0 saturated heterocycles. The molecular weight excluding hydrogens is 307 g/mol. The van der Waals surface area contributed by atoms with Gasteiger partial charge in [-0.05, 0) is 30.3 Å². The lowest BCUT2D eigenvalue weighted by Crippen LogP contribution is -2.10. The molecule has 1 heterocycles. The summed E-state index contributed by atoms with van der Waals surface area (Å²) in [5, 5.41) is 2.12. The Labute approximate surface area is 130 Å². The highest BCUT2D eigenvalue weighted by molar-refractivity contribution is 7.07. The summed E-state index contributed by atoms with van der Waals surface area (Å²) in [5.41, 5.74) is 2.73. The second kappa shape index (κ2) is 5.84. The van der Waals surface area contributed by atoms with Crippen LogP contribution >= 0.6 is 22.9 Å². The summed E-state index contributed by atoms with van der Waals surface area (Å²) in [6.07, 6.45) is 0. The lowest BCUT2D eigenvalue weighted by molar-refractivity contribution is 0.628. The van der Waals surface area contributed by atoms with Gasteiger partial charge in [0, 0.05) is 18.0 Å². The van der Waals surface area contributed by atoms with Crippen LogP contribution in [0.4, 0.5) is 10.1 Å². The molecule has 0 spiro atoms. The van der Waals surface area contributed by atoms with E-state index >= 15 is 0 Å². The molecule has 0 amide bonds.